The van der Waals surface area contributed by atoms with Crippen molar-refractivity contribution in [2.24, 2.45) is 0 Å². The first-order chi connectivity index (χ1) is 14.3. The Bertz CT molecular complexity index is 1130. The highest BCUT2D eigenvalue weighted by Crippen LogP contribution is 2.49. The van der Waals surface area contributed by atoms with Crippen LogP contribution in [0.2, 0.25) is 0 Å². The van der Waals surface area contributed by atoms with E-state index in [1.165, 1.54) is 28.3 Å². The lowest BCUT2D eigenvalue weighted by Crippen LogP contribution is -2.05. The fourth-order valence-corrected chi connectivity index (χ4v) is 3.88. The molecule has 2 aromatic carbocycles. The molecular weight excluding hydrogens is 388 g/mol. The van der Waals surface area contributed by atoms with Gasteiger partial charge in [0.25, 0.3) is 0 Å². The van der Waals surface area contributed by atoms with Crippen LogP contribution in [0.3, 0.4) is 0 Å². The zero-order valence-electron chi connectivity index (χ0n) is 18.5. The highest BCUT2D eigenvalue weighted by Gasteiger charge is 2.29. The summed E-state index contributed by atoms with van der Waals surface area (Å²) in [5, 5.41) is 0.894. The number of furan rings is 1. The van der Waals surface area contributed by atoms with Crippen LogP contribution in [0.15, 0.2) is 16.5 Å². The molecule has 1 heterocycles. The van der Waals surface area contributed by atoms with Gasteiger partial charge >= 0.3 is 0 Å². The monoisotopic (exact) mass is 414 g/mol. The second kappa shape index (κ2) is 8.18. The number of rotatable bonds is 7. The van der Waals surface area contributed by atoms with Gasteiger partial charge in [-0.15, -0.1) is 0 Å². The lowest BCUT2D eigenvalue weighted by molar-refractivity contribution is 0.101. The van der Waals surface area contributed by atoms with Gasteiger partial charge < -0.3 is 28.1 Å². The molecule has 0 aliphatic rings. The van der Waals surface area contributed by atoms with Crippen molar-refractivity contribution < 1.29 is 32.9 Å². The number of hydrogen-bond acceptors (Lipinski definition) is 7. The number of ether oxygens (including phenoxy) is 5. The molecule has 0 aliphatic carbocycles. The predicted octanol–water partition coefficient (Wildman–Crippen LogP) is 4.96. The first kappa shape index (κ1) is 21.4. The van der Waals surface area contributed by atoms with Gasteiger partial charge in [0.15, 0.2) is 28.6 Å². The van der Waals surface area contributed by atoms with Gasteiger partial charge in [-0.2, -0.15) is 0 Å². The molecule has 0 spiro atoms. The number of carbonyl (C=O) groups is 1. The zero-order valence-corrected chi connectivity index (χ0v) is 18.5. The minimum atomic E-state index is -0.191. The molecular formula is C23H26O7. The molecule has 0 radical (unpaired) electrons. The molecule has 0 unspecified atom stereocenters. The number of fused-ring (bicyclic) bond motifs is 1. The highest BCUT2D eigenvalue weighted by atomic mass is 16.5. The molecule has 0 aliphatic heterocycles. The van der Waals surface area contributed by atoms with E-state index < -0.39 is 0 Å². The van der Waals surface area contributed by atoms with E-state index in [-0.39, 0.29) is 5.78 Å². The number of Topliss-reactive ketones (excluding diaryl/α,β-unsaturated/α-hetero) is 1. The molecule has 0 saturated carbocycles. The molecule has 0 saturated heterocycles. The van der Waals surface area contributed by atoms with Crippen molar-refractivity contribution in [3.8, 4) is 40.1 Å². The maximum absolute atomic E-state index is 12.6. The third kappa shape index (κ3) is 3.10. The summed E-state index contributed by atoms with van der Waals surface area (Å²) < 4.78 is 33.8. The third-order valence-corrected chi connectivity index (χ3v) is 5.17. The van der Waals surface area contributed by atoms with Crippen molar-refractivity contribution in [1.29, 1.82) is 0 Å². The molecule has 0 amide bonds. The average Bonchev–Trinajstić information content (AvgIpc) is 3.08. The molecule has 1 aromatic heterocycles. The maximum Gasteiger partial charge on any atom is 0.204 e. The van der Waals surface area contributed by atoms with Crippen molar-refractivity contribution in [2.45, 2.75) is 20.8 Å². The summed E-state index contributed by atoms with van der Waals surface area (Å²) >= 11 is 0. The predicted molar refractivity (Wildman–Crippen MR) is 114 cm³/mol. The normalized spacial score (nSPS) is 10.8. The van der Waals surface area contributed by atoms with Crippen LogP contribution in [0.5, 0.6) is 28.7 Å². The van der Waals surface area contributed by atoms with Crippen LogP contribution in [0, 0.1) is 13.8 Å². The van der Waals surface area contributed by atoms with Gasteiger partial charge in [0.05, 0.1) is 41.1 Å². The molecule has 0 fully saturated rings. The molecule has 7 heteroatoms. The quantitative estimate of drug-likeness (QED) is 0.506. The van der Waals surface area contributed by atoms with Crippen LogP contribution in [0.4, 0.5) is 0 Å². The topological polar surface area (TPSA) is 76.4 Å². The molecule has 3 rings (SSSR count). The molecule has 160 valence electrons. The Balaban J connectivity index is 2.48. The van der Waals surface area contributed by atoms with Gasteiger partial charge in [-0.05, 0) is 38.5 Å². The van der Waals surface area contributed by atoms with E-state index >= 15 is 0 Å². The minimum Gasteiger partial charge on any atom is -0.493 e. The van der Waals surface area contributed by atoms with Crippen molar-refractivity contribution in [3.63, 3.8) is 0 Å². The van der Waals surface area contributed by atoms with Gasteiger partial charge in [-0.1, -0.05) is 0 Å². The fraction of sp³-hybridized carbons (Fsp3) is 0.348. The smallest absolute Gasteiger partial charge is 0.204 e. The van der Waals surface area contributed by atoms with Crippen LogP contribution < -0.4 is 23.7 Å². The number of benzene rings is 2. The van der Waals surface area contributed by atoms with Gasteiger partial charge in [-0.3, -0.25) is 4.79 Å². The average molecular weight is 414 g/mol. The summed E-state index contributed by atoms with van der Waals surface area (Å²) in [6.07, 6.45) is 0. The number of aryl methyl sites for hydroxylation is 2. The van der Waals surface area contributed by atoms with E-state index in [9.17, 15) is 4.79 Å². The van der Waals surface area contributed by atoms with Crippen molar-refractivity contribution >= 4 is 16.8 Å². The van der Waals surface area contributed by atoms with Crippen LogP contribution in [-0.2, 0) is 0 Å². The van der Waals surface area contributed by atoms with E-state index in [0.29, 0.717) is 51.2 Å². The first-order valence-electron chi connectivity index (χ1n) is 9.33. The van der Waals surface area contributed by atoms with Crippen molar-refractivity contribution in [1.82, 2.24) is 0 Å². The molecule has 30 heavy (non-hydrogen) atoms. The van der Waals surface area contributed by atoms with Gasteiger partial charge in [0, 0.05) is 16.5 Å². The van der Waals surface area contributed by atoms with Gasteiger partial charge in [-0.25, -0.2) is 0 Å². The van der Waals surface area contributed by atoms with E-state index in [0.717, 1.165) is 16.5 Å². The van der Waals surface area contributed by atoms with Crippen LogP contribution in [-0.4, -0.2) is 41.3 Å². The SMILES string of the molecule is COc1cc(-c2oc3c(OC)c(OC)cc(C)c3c2C)c(C(C)=O)c(OC)c1OC. The summed E-state index contributed by atoms with van der Waals surface area (Å²) in [6, 6.07) is 3.62. The summed E-state index contributed by atoms with van der Waals surface area (Å²) in [7, 11) is 7.64. The molecule has 0 atom stereocenters. The highest BCUT2D eigenvalue weighted by molar-refractivity contribution is 6.06. The van der Waals surface area contributed by atoms with Gasteiger partial charge in [0.1, 0.15) is 5.76 Å². The lowest BCUT2D eigenvalue weighted by Gasteiger charge is -2.17. The third-order valence-electron chi connectivity index (χ3n) is 5.17. The number of ketones is 1. The fourth-order valence-electron chi connectivity index (χ4n) is 3.88. The van der Waals surface area contributed by atoms with E-state index in [1.54, 1.807) is 20.3 Å². The molecule has 3 aromatic rings. The number of methoxy groups -OCH3 is 5. The molecule has 0 N–H and O–H groups in total. The van der Waals surface area contributed by atoms with Crippen molar-refractivity contribution in [3.05, 3.63) is 28.8 Å². The van der Waals surface area contributed by atoms with E-state index in [4.69, 9.17) is 28.1 Å². The number of hydrogen-bond donors (Lipinski definition) is 0. The maximum atomic E-state index is 12.6. The Hall–Kier alpha value is -3.35. The molecule has 7 nitrogen and oxygen atoms in total. The van der Waals surface area contributed by atoms with Crippen LogP contribution in [0.25, 0.3) is 22.3 Å². The summed E-state index contributed by atoms with van der Waals surface area (Å²) in [5.74, 6) is 2.45. The van der Waals surface area contributed by atoms with Crippen molar-refractivity contribution in [2.75, 3.05) is 35.5 Å². The molecule has 0 bridgehead atoms. The Kier molecular flexibility index (Phi) is 5.82. The van der Waals surface area contributed by atoms with Crippen LogP contribution >= 0.6 is 0 Å². The summed E-state index contributed by atoms with van der Waals surface area (Å²) in [5.41, 5.74) is 3.27. The largest absolute Gasteiger partial charge is 0.493 e. The van der Waals surface area contributed by atoms with Gasteiger partial charge in [0.2, 0.25) is 11.5 Å². The second-order valence-electron chi connectivity index (χ2n) is 6.81. The Labute approximate surface area is 175 Å². The minimum absolute atomic E-state index is 0.191. The summed E-state index contributed by atoms with van der Waals surface area (Å²) in [6.45, 7) is 5.38. The summed E-state index contributed by atoms with van der Waals surface area (Å²) in [4.78, 5) is 12.6. The number of carbonyl (C=O) groups excluding carboxylic acids is 1. The Morgan fingerprint density at radius 3 is 1.87 bits per heavy atom. The standard InChI is InChI=1S/C23H26O7/c1-11-9-15(25-4)21(28-7)23-17(11)12(2)19(30-23)14-10-16(26-5)20(27-6)22(29-8)18(14)13(3)24/h9-10H,1-8H3. The Morgan fingerprint density at radius 1 is 0.800 bits per heavy atom. The second-order valence-corrected chi connectivity index (χ2v) is 6.81. The van der Waals surface area contributed by atoms with E-state index in [2.05, 4.69) is 0 Å². The first-order valence-corrected chi connectivity index (χ1v) is 9.33. The van der Waals surface area contributed by atoms with Crippen LogP contribution in [0.1, 0.15) is 28.4 Å². The Morgan fingerprint density at radius 2 is 1.37 bits per heavy atom. The lowest BCUT2D eigenvalue weighted by atomic mass is 9.96. The zero-order chi connectivity index (χ0) is 22.2. The van der Waals surface area contributed by atoms with E-state index in [1.807, 2.05) is 19.9 Å².